The van der Waals surface area contributed by atoms with Crippen molar-refractivity contribution in [1.29, 1.82) is 0 Å². The van der Waals surface area contributed by atoms with Crippen molar-refractivity contribution in [2.24, 2.45) is 17.6 Å². The maximum Gasteiger partial charge on any atom is 0.224 e. The minimum absolute atomic E-state index is 0.0375. The van der Waals surface area contributed by atoms with Gasteiger partial charge in [-0.3, -0.25) is 4.79 Å². The summed E-state index contributed by atoms with van der Waals surface area (Å²) < 4.78 is 0. The molecule has 1 aliphatic heterocycles. The van der Waals surface area contributed by atoms with Crippen molar-refractivity contribution in [3.05, 3.63) is 0 Å². The number of carbonyl (C=O) groups is 1. The average Bonchev–Trinajstić information content (AvgIpc) is 2.91. The number of hydrogen-bond donors (Lipinski definition) is 2. The topological polar surface area (TPSA) is 58.4 Å². The maximum absolute atomic E-state index is 12.1. The second kappa shape index (κ2) is 7.25. The van der Waals surface area contributed by atoms with Crippen molar-refractivity contribution < 1.29 is 4.79 Å². The van der Waals surface area contributed by atoms with E-state index in [1.54, 1.807) is 0 Å². The number of hydrogen-bond acceptors (Lipinski definition) is 3. The molecule has 1 heterocycles. The summed E-state index contributed by atoms with van der Waals surface area (Å²) in [6.07, 6.45) is 7.00. The lowest BCUT2D eigenvalue weighted by Gasteiger charge is -2.32. The van der Waals surface area contributed by atoms with Gasteiger partial charge in [-0.05, 0) is 57.7 Å². The first kappa shape index (κ1) is 14.8. The predicted molar refractivity (Wildman–Crippen MR) is 77.8 cm³/mol. The molecule has 0 radical (unpaired) electrons. The van der Waals surface area contributed by atoms with Crippen LogP contribution in [0.2, 0.25) is 0 Å². The van der Waals surface area contributed by atoms with Gasteiger partial charge in [0.2, 0.25) is 5.91 Å². The lowest BCUT2D eigenvalue weighted by molar-refractivity contribution is -0.127. The number of nitrogens with one attached hydrogen (secondary N) is 1. The summed E-state index contributed by atoms with van der Waals surface area (Å²) in [5, 5.41) is 3.08. The summed E-state index contributed by atoms with van der Waals surface area (Å²) >= 11 is 0. The van der Waals surface area contributed by atoms with Crippen molar-refractivity contribution in [3.63, 3.8) is 0 Å². The van der Waals surface area contributed by atoms with E-state index in [1.807, 2.05) is 0 Å². The van der Waals surface area contributed by atoms with E-state index in [1.165, 1.54) is 32.4 Å². The molecule has 2 fully saturated rings. The smallest absolute Gasteiger partial charge is 0.224 e. The first-order chi connectivity index (χ1) is 9.18. The van der Waals surface area contributed by atoms with E-state index in [4.69, 9.17) is 5.73 Å². The highest BCUT2D eigenvalue weighted by atomic mass is 16.1. The second-order valence-electron chi connectivity index (χ2n) is 6.29. The van der Waals surface area contributed by atoms with Gasteiger partial charge in [0.1, 0.15) is 0 Å². The molecule has 1 aliphatic carbocycles. The SMILES string of the molecule is CC1CCCC(C(=O)NCCCN2CCCC2)C1N. The Kier molecular flexibility index (Phi) is 5.64. The van der Waals surface area contributed by atoms with Crippen molar-refractivity contribution in [3.8, 4) is 0 Å². The van der Waals surface area contributed by atoms with E-state index < -0.39 is 0 Å². The molecule has 2 rings (SSSR count). The van der Waals surface area contributed by atoms with Crippen LogP contribution in [0.1, 0.15) is 45.4 Å². The standard InChI is InChI=1S/C15H29N3O/c1-12-6-4-7-13(14(12)16)15(19)17-8-5-11-18-9-2-3-10-18/h12-14H,2-11,16H2,1H3,(H,17,19). The van der Waals surface area contributed by atoms with Crippen LogP contribution in [0.25, 0.3) is 0 Å². The van der Waals surface area contributed by atoms with E-state index in [0.717, 1.165) is 32.4 Å². The molecule has 3 N–H and O–H groups in total. The Morgan fingerprint density at radius 3 is 2.74 bits per heavy atom. The van der Waals surface area contributed by atoms with Crippen LogP contribution < -0.4 is 11.1 Å². The Labute approximate surface area is 117 Å². The minimum Gasteiger partial charge on any atom is -0.356 e. The normalized spacial score (nSPS) is 32.4. The van der Waals surface area contributed by atoms with Crippen LogP contribution in [0.15, 0.2) is 0 Å². The molecule has 19 heavy (non-hydrogen) atoms. The van der Waals surface area contributed by atoms with Gasteiger partial charge in [-0.2, -0.15) is 0 Å². The highest BCUT2D eigenvalue weighted by molar-refractivity contribution is 5.79. The number of likely N-dealkylation sites (tertiary alicyclic amines) is 1. The van der Waals surface area contributed by atoms with Gasteiger partial charge in [-0.1, -0.05) is 13.3 Å². The minimum atomic E-state index is 0.0375. The molecule has 110 valence electrons. The molecule has 0 aromatic rings. The molecule has 4 nitrogen and oxygen atoms in total. The molecule has 2 aliphatic rings. The second-order valence-corrected chi connectivity index (χ2v) is 6.29. The summed E-state index contributed by atoms with van der Waals surface area (Å²) in [7, 11) is 0. The molecule has 0 spiro atoms. The lowest BCUT2D eigenvalue weighted by Crippen LogP contribution is -2.47. The molecule has 1 amide bonds. The number of amides is 1. The van der Waals surface area contributed by atoms with Crippen LogP contribution in [0, 0.1) is 11.8 Å². The molecule has 0 aromatic heterocycles. The third kappa shape index (κ3) is 4.18. The summed E-state index contributed by atoms with van der Waals surface area (Å²) in [6.45, 7) is 6.55. The molecule has 1 saturated heterocycles. The van der Waals surface area contributed by atoms with Gasteiger partial charge in [-0.15, -0.1) is 0 Å². The Bertz CT molecular complexity index is 289. The molecular weight excluding hydrogens is 238 g/mol. The van der Waals surface area contributed by atoms with Crippen LogP contribution >= 0.6 is 0 Å². The molecule has 0 bridgehead atoms. The molecule has 3 unspecified atom stereocenters. The largest absolute Gasteiger partial charge is 0.356 e. The third-order valence-corrected chi connectivity index (χ3v) is 4.78. The van der Waals surface area contributed by atoms with E-state index in [9.17, 15) is 4.79 Å². The Morgan fingerprint density at radius 1 is 1.26 bits per heavy atom. The summed E-state index contributed by atoms with van der Waals surface area (Å²) in [4.78, 5) is 14.6. The zero-order valence-corrected chi connectivity index (χ0v) is 12.2. The highest BCUT2D eigenvalue weighted by Crippen LogP contribution is 2.27. The van der Waals surface area contributed by atoms with Crippen molar-refractivity contribution in [2.45, 2.75) is 51.5 Å². The number of carbonyl (C=O) groups excluding carboxylic acids is 1. The Balaban J connectivity index is 1.63. The quantitative estimate of drug-likeness (QED) is 0.739. The highest BCUT2D eigenvalue weighted by Gasteiger charge is 2.32. The molecular formula is C15H29N3O. The lowest BCUT2D eigenvalue weighted by atomic mass is 9.78. The monoisotopic (exact) mass is 267 g/mol. The van der Waals surface area contributed by atoms with Gasteiger partial charge < -0.3 is 16.0 Å². The Morgan fingerprint density at radius 2 is 2.00 bits per heavy atom. The van der Waals surface area contributed by atoms with Crippen LogP contribution in [-0.2, 0) is 4.79 Å². The van der Waals surface area contributed by atoms with Gasteiger partial charge in [0.05, 0.1) is 5.92 Å². The van der Waals surface area contributed by atoms with Gasteiger partial charge in [0, 0.05) is 12.6 Å². The Hall–Kier alpha value is -0.610. The van der Waals surface area contributed by atoms with Crippen molar-refractivity contribution >= 4 is 5.91 Å². The fraction of sp³-hybridized carbons (Fsp3) is 0.933. The van der Waals surface area contributed by atoms with E-state index in [-0.39, 0.29) is 17.9 Å². The van der Waals surface area contributed by atoms with Crippen LogP contribution in [0.3, 0.4) is 0 Å². The van der Waals surface area contributed by atoms with Crippen LogP contribution in [-0.4, -0.2) is 43.0 Å². The summed E-state index contributed by atoms with van der Waals surface area (Å²) in [5.41, 5.74) is 6.16. The third-order valence-electron chi connectivity index (χ3n) is 4.78. The fourth-order valence-corrected chi connectivity index (χ4v) is 3.40. The molecule has 3 atom stereocenters. The van der Waals surface area contributed by atoms with Crippen molar-refractivity contribution in [2.75, 3.05) is 26.2 Å². The zero-order chi connectivity index (χ0) is 13.7. The number of nitrogens with zero attached hydrogens (tertiary/aromatic N) is 1. The van der Waals surface area contributed by atoms with E-state index in [2.05, 4.69) is 17.1 Å². The van der Waals surface area contributed by atoms with Gasteiger partial charge in [0.15, 0.2) is 0 Å². The number of rotatable bonds is 5. The van der Waals surface area contributed by atoms with Crippen LogP contribution in [0.5, 0.6) is 0 Å². The zero-order valence-electron chi connectivity index (χ0n) is 12.2. The fourth-order valence-electron chi connectivity index (χ4n) is 3.40. The molecule has 4 heteroatoms. The van der Waals surface area contributed by atoms with E-state index in [0.29, 0.717) is 5.92 Å². The first-order valence-electron chi connectivity index (χ1n) is 7.94. The van der Waals surface area contributed by atoms with Gasteiger partial charge in [0.25, 0.3) is 0 Å². The van der Waals surface area contributed by atoms with Gasteiger partial charge in [-0.25, -0.2) is 0 Å². The average molecular weight is 267 g/mol. The maximum atomic E-state index is 12.1. The van der Waals surface area contributed by atoms with Crippen LogP contribution in [0.4, 0.5) is 0 Å². The summed E-state index contributed by atoms with van der Waals surface area (Å²) in [5.74, 6) is 0.699. The van der Waals surface area contributed by atoms with E-state index >= 15 is 0 Å². The first-order valence-corrected chi connectivity index (χ1v) is 7.94. The molecule has 0 aromatic carbocycles. The number of nitrogens with two attached hydrogens (primary N) is 1. The summed E-state index contributed by atoms with van der Waals surface area (Å²) in [6, 6.07) is 0.0485. The molecule has 1 saturated carbocycles. The predicted octanol–water partition coefficient (Wildman–Crippen LogP) is 1.35. The van der Waals surface area contributed by atoms with Gasteiger partial charge >= 0.3 is 0 Å². The van der Waals surface area contributed by atoms with Crippen molar-refractivity contribution in [1.82, 2.24) is 10.2 Å².